The lowest BCUT2D eigenvalue weighted by Gasteiger charge is -2.15. The molecule has 1 atom stereocenters. The lowest BCUT2D eigenvalue weighted by Crippen LogP contribution is -2.42. The van der Waals surface area contributed by atoms with E-state index >= 15 is 0 Å². The monoisotopic (exact) mass is 393 g/mol. The maximum atomic E-state index is 12.0. The molecule has 0 heterocycles. The molecule has 0 spiro atoms. The quantitative estimate of drug-likeness (QED) is 0.694. The maximum absolute atomic E-state index is 12.0. The molecule has 3 amide bonds. The molecule has 26 heavy (non-hydrogen) atoms. The molecule has 138 valence electrons. The summed E-state index contributed by atoms with van der Waals surface area (Å²) in [6, 6.07) is 12.4. The van der Waals surface area contributed by atoms with Crippen LogP contribution in [-0.2, 0) is 11.3 Å². The molecule has 0 aromatic heterocycles. The molecule has 2 aromatic carbocycles. The van der Waals surface area contributed by atoms with Gasteiger partial charge in [0.05, 0.1) is 22.6 Å². The number of amides is 3. The van der Waals surface area contributed by atoms with E-state index < -0.39 is 6.03 Å². The third kappa shape index (κ3) is 6.24. The molecule has 0 radical (unpaired) electrons. The van der Waals surface area contributed by atoms with Gasteiger partial charge in [-0.1, -0.05) is 59.1 Å². The zero-order valence-corrected chi connectivity index (χ0v) is 16.1. The molecule has 2 aromatic rings. The van der Waals surface area contributed by atoms with Crippen molar-refractivity contribution in [2.45, 2.75) is 26.4 Å². The summed E-state index contributed by atoms with van der Waals surface area (Å²) >= 11 is 11.9. The van der Waals surface area contributed by atoms with Crippen LogP contribution in [0.25, 0.3) is 0 Å². The Morgan fingerprint density at radius 3 is 2.35 bits per heavy atom. The number of rotatable bonds is 6. The second-order valence-corrected chi connectivity index (χ2v) is 6.80. The van der Waals surface area contributed by atoms with Crippen LogP contribution in [0.5, 0.6) is 0 Å². The second kappa shape index (κ2) is 9.46. The zero-order chi connectivity index (χ0) is 19.1. The Morgan fingerprint density at radius 2 is 1.69 bits per heavy atom. The number of urea groups is 1. The molecule has 0 aliphatic rings. The summed E-state index contributed by atoms with van der Waals surface area (Å²) in [5.74, 6) is -0.297. The van der Waals surface area contributed by atoms with E-state index in [2.05, 4.69) is 16.0 Å². The lowest BCUT2D eigenvalue weighted by atomic mass is 10.1. The van der Waals surface area contributed by atoms with Gasteiger partial charge in [-0.2, -0.15) is 0 Å². The fourth-order valence-electron chi connectivity index (χ4n) is 2.27. The molecular formula is C19H21Cl2N3O2. The van der Waals surface area contributed by atoms with Crippen LogP contribution in [0.15, 0.2) is 42.5 Å². The number of nitrogens with one attached hydrogen (secondary N) is 3. The summed E-state index contributed by atoms with van der Waals surface area (Å²) in [7, 11) is 0. The molecule has 1 unspecified atom stereocenters. The van der Waals surface area contributed by atoms with E-state index in [9.17, 15) is 9.59 Å². The number of halogens is 2. The molecule has 7 heteroatoms. The minimum atomic E-state index is -0.400. The van der Waals surface area contributed by atoms with E-state index in [1.165, 1.54) is 0 Å². The highest BCUT2D eigenvalue weighted by atomic mass is 35.5. The van der Waals surface area contributed by atoms with Gasteiger partial charge in [-0.15, -0.1) is 0 Å². The van der Waals surface area contributed by atoms with Crippen LogP contribution in [0.1, 0.15) is 29.7 Å². The first-order valence-electron chi connectivity index (χ1n) is 8.16. The third-order valence-corrected chi connectivity index (χ3v) is 4.54. The topological polar surface area (TPSA) is 70.2 Å². The van der Waals surface area contributed by atoms with Gasteiger partial charge in [0.2, 0.25) is 5.91 Å². The number of hydrogen-bond acceptors (Lipinski definition) is 2. The molecule has 0 aliphatic carbocycles. The molecular weight excluding hydrogens is 373 g/mol. The van der Waals surface area contributed by atoms with Crippen LogP contribution in [0.4, 0.5) is 4.79 Å². The maximum Gasteiger partial charge on any atom is 0.315 e. The average Bonchev–Trinajstić information content (AvgIpc) is 2.61. The summed E-state index contributed by atoms with van der Waals surface area (Å²) in [4.78, 5) is 23.8. The van der Waals surface area contributed by atoms with Crippen molar-refractivity contribution in [1.29, 1.82) is 0 Å². The van der Waals surface area contributed by atoms with Crippen molar-refractivity contribution in [3.05, 3.63) is 69.2 Å². The Labute approximate surface area is 163 Å². The first-order chi connectivity index (χ1) is 12.3. The standard InChI is InChI=1S/C19H21Cl2N3O2/c1-12-3-5-14(6-4-12)10-22-19(26)23-11-18(25)24-13(2)15-7-8-16(20)17(21)9-15/h3-9,13H,10-11H2,1-2H3,(H,24,25)(H2,22,23,26). The fourth-order valence-corrected chi connectivity index (χ4v) is 2.58. The molecule has 0 saturated heterocycles. The van der Waals surface area contributed by atoms with Crippen molar-refractivity contribution < 1.29 is 9.59 Å². The summed E-state index contributed by atoms with van der Waals surface area (Å²) < 4.78 is 0. The highest BCUT2D eigenvalue weighted by molar-refractivity contribution is 6.42. The molecule has 2 rings (SSSR count). The Hall–Kier alpha value is -2.24. The zero-order valence-electron chi connectivity index (χ0n) is 14.6. The third-order valence-electron chi connectivity index (χ3n) is 3.80. The Bertz CT molecular complexity index is 779. The van der Waals surface area contributed by atoms with Crippen molar-refractivity contribution in [2.24, 2.45) is 0 Å². The first kappa shape index (κ1) is 20.1. The lowest BCUT2D eigenvalue weighted by molar-refractivity contribution is -0.120. The van der Waals surface area contributed by atoms with E-state index in [1.807, 2.05) is 38.1 Å². The molecule has 0 fully saturated rings. The largest absolute Gasteiger partial charge is 0.348 e. The van der Waals surface area contributed by atoms with Crippen LogP contribution in [0.2, 0.25) is 10.0 Å². The molecule has 3 N–H and O–H groups in total. The van der Waals surface area contributed by atoms with Crippen LogP contribution < -0.4 is 16.0 Å². The molecule has 0 aliphatic heterocycles. The van der Waals surface area contributed by atoms with Crippen molar-refractivity contribution in [3.63, 3.8) is 0 Å². The SMILES string of the molecule is Cc1ccc(CNC(=O)NCC(=O)NC(C)c2ccc(Cl)c(Cl)c2)cc1. The molecule has 0 bridgehead atoms. The van der Waals surface area contributed by atoms with Crippen molar-refractivity contribution in [2.75, 3.05) is 6.54 Å². The number of carbonyl (C=O) groups is 2. The van der Waals surface area contributed by atoms with Gasteiger partial charge in [0, 0.05) is 6.54 Å². The number of hydrogen-bond donors (Lipinski definition) is 3. The smallest absolute Gasteiger partial charge is 0.315 e. The van der Waals surface area contributed by atoms with Crippen molar-refractivity contribution >= 4 is 35.1 Å². The predicted molar refractivity (Wildman–Crippen MR) is 104 cm³/mol. The molecule has 5 nitrogen and oxygen atoms in total. The van der Waals surface area contributed by atoms with E-state index in [-0.39, 0.29) is 18.5 Å². The highest BCUT2D eigenvalue weighted by Crippen LogP contribution is 2.25. The Kier molecular flexibility index (Phi) is 7.30. The van der Waals surface area contributed by atoms with Gasteiger partial charge in [-0.3, -0.25) is 4.79 Å². The van der Waals surface area contributed by atoms with Gasteiger partial charge >= 0.3 is 6.03 Å². The Morgan fingerprint density at radius 1 is 1.00 bits per heavy atom. The van der Waals surface area contributed by atoms with Gasteiger partial charge in [0.15, 0.2) is 0 Å². The summed E-state index contributed by atoms with van der Waals surface area (Å²) in [5.41, 5.74) is 2.98. The van der Waals surface area contributed by atoms with Crippen LogP contribution in [-0.4, -0.2) is 18.5 Å². The second-order valence-electron chi connectivity index (χ2n) is 5.98. The van der Waals surface area contributed by atoms with Gasteiger partial charge in [-0.05, 0) is 37.1 Å². The minimum absolute atomic E-state index is 0.120. The van der Waals surface area contributed by atoms with Gasteiger partial charge < -0.3 is 16.0 Å². The van der Waals surface area contributed by atoms with E-state index in [0.29, 0.717) is 16.6 Å². The number of aryl methyl sites for hydroxylation is 1. The first-order valence-corrected chi connectivity index (χ1v) is 8.92. The average molecular weight is 394 g/mol. The normalized spacial score (nSPS) is 11.5. The van der Waals surface area contributed by atoms with E-state index in [1.54, 1.807) is 18.2 Å². The highest BCUT2D eigenvalue weighted by Gasteiger charge is 2.12. The summed E-state index contributed by atoms with van der Waals surface area (Å²) in [6.45, 7) is 4.11. The van der Waals surface area contributed by atoms with Crippen molar-refractivity contribution in [1.82, 2.24) is 16.0 Å². The minimum Gasteiger partial charge on any atom is -0.348 e. The fraction of sp³-hybridized carbons (Fsp3) is 0.263. The summed E-state index contributed by atoms with van der Waals surface area (Å²) in [5, 5.41) is 8.93. The van der Waals surface area contributed by atoms with Crippen molar-refractivity contribution in [3.8, 4) is 0 Å². The van der Waals surface area contributed by atoms with E-state index in [0.717, 1.165) is 16.7 Å². The van der Waals surface area contributed by atoms with Gasteiger partial charge in [0.25, 0.3) is 0 Å². The van der Waals surface area contributed by atoms with Gasteiger partial charge in [0.1, 0.15) is 0 Å². The summed E-state index contributed by atoms with van der Waals surface area (Å²) in [6.07, 6.45) is 0. The predicted octanol–water partition coefficient (Wildman–Crippen LogP) is 3.98. The number of benzene rings is 2. The van der Waals surface area contributed by atoms with Gasteiger partial charge in [-0.25, -0.2) is 4.79 Å². The Balaban J connectivity index is 1.74. The van der Waals surface area contributed by atoms with E-state index in [4.69, 9.17) is 23.2 Å². The van der Waals surface area contributed by atoms with Crippen LogP contribution >= 0.6 is 23.2 Å². The van der Waals surface area contributed by atoms with Crippen LogP contribution in [0.3, 0.4) is 0 Å². The van der Waals surface area contributed by atoms with Crippen LogP contribution in [0, 0.1) is 6.92 Å². The number of carbonyl (C=O) groups excluding carboxylic acids is 2. The molecule has 0 saturated carbocycles.